The highest BCUT2D eigenvalue weighted by Crippen LogP contribution is 2.26. The van der Waals surface area contributed by atoms with E-state index in [0.29, 0.717) is 32.9 Å². The first-order valence-corrected chi connectivity index (χ1v) is 10.5. The van der Waals surface area contributed by atoms with E-state index in [4.69, 9.17) is 0 Å². The molecule has 0 spiro atoms. The summed E-state index contributed by atoms with van der Waals surface area (Å²) in [4.78, 5) is 60.1. The van der Waals surface area contributed by atoms with Gasteiger partial charge in [0, 0.05) is 25.0 Å². The van der Waals surface area contributed by atoms with E-state index < -0.39 is 22.9 Å². The molecule has 0 aliphatic rings. The molecular weight excluding hydrogens is 432 g/mol. The highest BCUT2D eigenvalue weighted by molar-refractivity contribution is 5.89. The van der Waals surface area contributed by atoms with Gasteiger partial charge in [0.15, 0.2) is 0 Å². The topological polar surface area (TPSA) is 104 Å². The molecule has 5 aromatic rings. The molecule has 0 amide bonds. The van der Waals surface area contributed by atoms with Crippen molar-refractivity contribution in [1.82, 2.24) is 19.1 Å². The van der Waals surface area contributed by atoms with E-state index in [1.54, 1.807) is 72.8 Å². The van der Waals surface area contributed by atoms with Gasteiger partial charge in [-0.3, -0.25) is 19.2 Å². The number of carbonyl (C=O) groups excluding carboxylic acids is 2. The maximum absolute atomic E-state index is 13.1. The Balaban J connectivity index is 1.81. The second kappa shape index (κ2) is 8.00. The van der Waals surface area contributed by atoms with Crippen LogP contribution in [0.3, 0.4) is 0 Å². The number of aromatic nitrogens is 4. The first kappa shape index (κ1) is 21.1. The Kier molecular flexibility index (Phi) is 4.98. The lowest BCUT2D eigenvalue weighted by atomic mass is 10.1. The number of nitrogens with zero attached hydrogens (tertiary/aromatic N) is 4. The third-order valence-corrected chi connectivity index (χ3v) is 5.56. The summed E-state index contributed by atoms with van der Waals surface area (Å²) in [5, 5.41) is 0.665. The number of carbonyl (C=O) groups is 2. The van der Waals surface area contributed by atoms with E-state index in [-0.39, 0.29) is 11.6 Å². The van der Waals surface area contributed by atoms with Crippen molar-refractivity contribution in [3.05, 3.63) is 93.5 Å². The first-order chi connectivity index (χ1) is 16.4. The zero-order valence-electron chi connectivity index (χ0n) is 18.4. The molecule has 166 valence electrons. The van der Waals surface area contributed by atoms with E-state index >= 15 is 0 Å². The summed E-state index contributed by atoms with van der Waals surface area (Å²) in [6.45, 7) is 2.59. The maximum Gasteiger partial charge on any atom is 0.268 e. The van der Waals surface area contributed by atoms with Gasteiger partial charge in [-0.25, -0.2) is 19.1 Å². The van der Waals surface area contributed by atoms with Gasteiger partial charge in [0.2, 0.25) is 11.8 Å². The molecule has 5 rings (SSSR count). The highest BCUT2D eigenvalue weighted by Gasteiger charge is 2.19. The monoisotopic (exact) mass is 450 g/mol. The van der Waals surface area contributed by atoms with Crippen LogP contribution in [0.5, 0.6) is 0 Å². The first-order valence-electron chi connectivity index (χ1n) is 10.5. The van der Waals surface area contributed by atoms with E-state index in [0.717, 1.165) is 9.13 Å². The van der Waals surface area contributed by atoms with Gasteiger partial charge in [-0.15, -0.1) is 0 Å². The lowest BCUT2D eigenvalue weighted by Gasteiger charge is -2.14. The number of benzene rings is 3. The minimum Gasteiger partial charge on any atom is -0.274 e. The number of rotatable bonds is 2. The van der Waals surface area contributed by atoms with Crippen LogP contribution in [0.1, 0.15) is 23.4 Å². The number of hydrogen-bond donors (Lipinski definition) is 0. The minimum absolute atomic E-state index is 0.163. The van der Waals surface area contributed by atoms with Gasteiger partial charge in [-0.05, 0) is 30.3 Å². The molecule has 3 aromatic carbocycles. The van der Waals surface area contributed by atoms with Crippen molar-refractivity contribution < 1.29 is 9.59 Å². The fourth-order valence-corrected chi connectivity index (χ4v) is 4.03. The summed E-state index contributed by atoms with van der Waals surface area (Å²) in [6.07, 6.45) is 0. The SMILES string of the molecule is CC(=O)n1c(-c2cccc(-c3nc4ccccc4c(=O)n3C(C)=O)c2)nc2ccccc2c1=O. The van der Waals surface area contributed by atoms with Gasteiger partial charge in [0.05, 0.1) is 21.8 Å². The Bertz CT molecular complexity index is 1640. The molecule has 0 unspecified atom stereocenters. The van der Waals surface area contributed by atoms with E-state index in [1.165, 1.54) is 13.8 Å². The highest BCUT2D eigenvalue weighted by atomic mass is 16.2. The zero-order chi connectivity index (χ0) is 24.0. The molecule has 0 N–H and O–H groups in total. The third kappa shape index (κ3) is 3.32. The van der Waals surface area contributed by atoms with Crippen LogP contribution in [0, 0.1) is 0 Å². The Hall–Kier alpha value is -4.72. The largest absolute Gasteiger partial charge is 0.274 e. The van der Waals surface area contributed by atoms with Gasteiger partial charge in [0.1, 0.15) is 11.6 Å². The van der Waals surface area contributed by atoms with Crippen LogP contribution < -0.4 is 11.1 Å². The summed E-state index contributed by atoms with van der Waals surface area (Å²) in [5.41, 5.74) is 0.900. The van der Waals surface area contributed by atoms with E-state index in [2.05, 4.69) is 9.97 Å². The van der Waals surface area contributed by atoms with Gasteiger partial charge >= 0.3 is 0 Å². The van der Waals surface area contributed by atoms with Crippen LogP contribution in [0.15, 0.2) is 82.4 Å². The average Bonchev–Trinajstić information content (AvgIpc) is 2.83. The molecule has 0 saturated heterocycles. The summed E-state index contributed by atoms with van der Waals surface area (Å²) in [7, 11) is 0. The van der Waals surface area contributed by atoms with Crippen LogP contribution in [0.2, 0.25) is 0 Å². The molecular formula is C26H18N4O4. The second-order valence-electron chi connectivity index (χ2n) is 7.81. The lowest BCUT2D eigenvalue weighted by Crippen LogP contribution is -2.28. The predicted molar refractivity (Wildman–Crippen MR) is 129 cm³/mol. The van der Waals surface area contributed by atoms with Crippen LogP contribution in [0.25, 0.3) is 44.6 Å². The molecule has 0 aliphatic heterocycles. The quantitative estimate of drug-likeness (QED) is 0.406. The van der Waals surface area contributed by atoms with Crippen molar-refractivity contribution in [2.24, 2.45) is 0 Å². The normalized spacial score (nSPS) is 11.1. The average molecular weight is 450 g/mol. The Morgan fingerprint density at radius 3 is 1.44 bits per heavy atom. The lowest BCUT2D eigenvalue weighted by molar-refractivity contribution is 0.0925. The Labute approximate surface area is 192 Å². The second-order valence-corrected chi connectivity index (χ2v) is 7.81. The van der Waals surface area contributed by atoms with Crippen molar-refractivity contribution in [2.45, 2.75) is 13.8 Å². The molecule has 8 heteroatoms. The van der Waals surface area contributed by atoms with Crippen molar-refractivity contribution in [2.75, 3.05) is 0 Å². The van der Waals surface area contributed by atoms with E-state index in [1.807, 2.05) is 0 Å². The standard InChI is InChI=1S/C26H18N4O4/c1-15(31)29-23(27-21-12-5-3-10-19(21)25(29)33)17-8-7-9-18(14-17)24-28-22-13-6-4-11-20(22)26(34)30(24)16(2)32/h3-14H,1-2H3. The van der Waals surface area contributed by atoms with E-state index in [9.17, 15) is 19.2 Å². The molecule has 0 aliphatic carbocycles. The van der Waals surface area contributed by atoms with Gasteiger partial charge in [0.25, 0.3) is 11.1 Å². The molecule has 0 fully saturated rings. The Morgan fingerprint density at radius 2 is 1.03 bits per heavy atom. The molecule has 0 atom stereocenters. The number of fused-ring (bicyclic) bond motifs is 2. The Morgan fingerprint density at radius 1 is 0.618 bits per heavy atom. The summed E-state index contributed by atoms with van der Waals surface area (Å²) < 4.78 is 2.04. The summed E-state index contributed by atoms with van der Waals surface area (Å²) in [6, 6.07) is 20.4. The molecule has 0 radical (unpaired) electrons. The predicted octanol–water partition coefficient (Wildman–Crippen LogP) is 3.76. The molecule has 0 saturated carbocycles. The smallest absolute Gasteiger partial charge is 0.268 e. The van der Waals surface area contributed by atoms with Crippen molar-refractivity contribution in [3.63, 3.8) is 0 Å². The molecule has 0 bridgehead atoms. The van der Waals surface area contributed by atoms with Crippen LogP contribution in [-0.4, -0.2) is 30.9 Å². The number of hydrogen-bond acceptors (Lipinski definition) is 6. The van der Waals surface area contributed by atoms with Crippen LogP contribution in [0.4, 0.5) is 0 Å². The summed E-state index contributed by atoms with van der Waals surface area (Å²) in [5.74, 6) is -0.632. The minimum atomic E-state index is -0.479. The zero-order valence-corrected chi connectivity index (χ0v) is 18.4. The van der Waals surface area contributed by atoms with Crippen LogP contribution in [-0.2, 0) is 0 Å². The molecule has 8 nitrogen and oxygen atoms in total. The number of para-hydroxylation sites is 2. The van der Waals surface area contributed by atoms with Crippen molar-refractivity contribution in [1.29, 1.82) is 0 Å². The van der Waals surface area contributed by atoms with Gasteiger partial charge in [-0.1, -0.05) is 42.5 Å². The summed E-state index contributed by atoms with van der Waals surface area (Å²) >= 11 is 0. The molecule has 2 aromatic heterocycles. The fraction of sp³-hybridized carbons (Fsp3) is 0.0769. The fourth-order valence-electron chi connectivity index (χ4n) is 4.03. The van der Waals surface area contributed by atoms with Crippen molar-refractivity contribution in [3.8, 4) is 22.8 Å². The molecule has 34 heavy (non-hydrogen) atoms. The van der Waals surface area contributed by atoms with Gasteiger partial charge < -0.3 is 0 Å². The van der Waals surface area contributed by atoms with Crippen molar-refractivity contribution >= 4 is 33.6 Å². The maximum atomic E-state index is 13.1. The van der Waals surface area contributed by atoms with Gasteiger partial charge in [-0.2, -0.15) is 0 Å². The van der Waals surface area contributed by atoms with Crippen LogP contribution >= 0.6 is 0 Å². The third-order valence-electron chi connectivity index (χ3n) is 5.56. The molecule has 2 heterocycles.